The highest BCUT2D eigenvalue weighted by Crippen LogP contribution is 2.36. The number of hydrogen-bond acceptors (Lipinski definition) is 5. The van der Waals surface area contributed by atoms with Gasteiger partial charge in [-0.1, -0.05) is 12.1 Å². The Kier molecular flexibility index (Phi) is 4.61. The number of nitrogens with one attached hydrogen (secondary N) is 2. The number of nitrogens with zero attached hydrogens (tertiary/aromatic N) is 1. The van der Waals surface area contributed by atoms with Gasteiger partial charge in [0.2, 0.25) is 5.91 Å². The summed E-state index contributed by atoms with van der Waals surface area (Å²) >= 11 is 0. The summed E-state index contributed by atoms with van der Waals surface area (Å²) in [4.78, 5) is 15.1. The highest BCUT2D eigenvalue weighted by atomic mass is 16.5. The lowest BCUT2D eigenvalue weighted by atomic mass is 9.84. The van der Waals surface area contributed by atoms with Gasteiger partial charge in [0.05, 0.1) is 17.9 Å². The highest BCUT2D eigenvalue weighted by Gasteiger charge is 2.44. The monoisotopic (exact) mass is 381 g/mol. The van der Waals surface area contributed by atoms with Crippen LogP contribution in [0.1, 0.15) is 49.7 Å². The largest absolute Gasteiger partial charge is 0.462 e. The fourth-order valence-corrected chi connectivity index (χ4v) is 4.54. The molecule has 1 amide bonds. The maximum atomic E-state index is 12.8. The minimum atomic E-state index is -0.505. The number of benzene rings is 1. The van der Waals surface area contributed by atoms with Crippen molar-refractivity contribution in [1.29, 1.82) is 0 Å². The van der Waals surface area contributed by atoms with Crippen molar-refractivity contribution in [3.05, 3.63) is 47.9 Å². The van der Waals surface area contributed by atoms with Crippen LogP contribution in [0.5, 0.6) is 0 Å². The summed E-state index contributed by atoms with van der Waals surface area (Å²) in [6, 6.07) is 12.0. The van der Waals surface area contributed by atoms with E-state index in [1.54, 1.807) is 0 Å². The van der Waals surface area contributed by atoms with Gasteiger partial charge >= 0.3 is 0 Å². The van der Waals surface area contributed by atoms with Gasteiger partial charge in [-0.2, -0.15) is 0 Å². The van der Waals surface area contributed by atoms with Crippen LogP contribution in [0.3, 0.4) is 0 Å². The lowest BCUT2D eigenvalue weighted by Gasteiger charge is -2.44. The van der Waals surface area contributed by atoms with Gasteiger partial charge in [-0.15, -0.1) is 0 Å². The highest BCUT2D eigenvalue weighted by molar-refractivity contribution is 6.06. The number of hydrogen-bond donors (Lipinski definition) is 2. The number of piperidine rings is 1. The summed E-state index contributed by atoms with van der Waals surface area (Å²) in [6.45, 7) is 3.32. The molecular weight excluding hydrogens is 354 g/mol. The molecule has 1 spiro atoms. The number of amides is 1. The first kappa shape index (κ1) is 17.8. The zero-order valence-corrected chi connectivity index (χ0v) is 16.1. The molecule has 3 aliphatic heterocycles. The Morgan fingerprint density at radius 2 is 1.89 bits per heavy atom. The van der Waals surface area contributed by atoms with Crippen molar-refractivity contribution in [2.45, 2.75) is 50.3 Å². The fraction of sp³-hybridized carbons (Fsp3) is 0.500. The third-order valence-corrected chi connectivity index (χ3v) is 6.25. The average molecular weight is 381 g/mol. The molecule has 6 nitrogen and oxygen atoms in total. The number of para-hydroxylation sites is 2. The molecule has 2 N–H and O–H groups in total. The molecule has 0 bridgehead atoms. The van der Waals surface area contributed by atoms with Crippen molar-refractivity contribution >= 4 is 17.3 Å². The fourth-order valence-electron chi connectivity index (χ4n) is 4.54. The second-order valence-corrected chi connectivity index (χ2v) is 8.14. The molecule has 1 aromatic carbocycles. The van der Waals surface area contributed by atoms with Crippen LogP contribution in [0, 0.1) is 0 Å². The Morgan fingerprint density at radius 3 is 2.68 bits per heavy atom. The molecule has 1 aromatic heterocycles. The van der Waals surface area contributed by atoms with Crippen LogP contribution in [-0.2, 0) is 16.1 Å². The molecule has 3 aliphatic rings. The molecule has 0 aliphatic carbocycles. The first-order valence-electron chi connectivity index (χ1n) is 10.3. The van der Waals surface area contributed by atoms with Crippen LogP contribution in [0.4, 0.5) is 11.4 Å². The van der Waals surface area contributed by atoms with Crippen molar-refractivity contribution in [1.82, 2.24) is 4.90 Å². The Hall–Kier alpha value is -2.31. The summed E-state index contributed by atoms with van der Waals surface area (Å²) in [5, 5.41) is 6.59. The zero-order chi connectivity index (χ0) is 19.0. The number of ether oxygens (including phenoxy) is 1. The average Bonchev–Trinajstić information content (AvgIpc) is 3.20. The minimum absolute atomic E-state index is 0.0839. The molecule has 4 heterocycles. The summed E-state index contributed by atoms with van der Waals surface area (Å²) in [7, 11) is 0. The molecule has 0 saturated carbocycles. The number of anilines is 2. The van der Waals surface area contributed by atoms with Gasteiger partial charge in [0.1, 0.15) is 23.2 Å². The number of carbonyl (C=O) groups is 1. The van der Waals surface area contributed by atoms with Crippen molar-refractivity contribution in [2.24, 2.45) is 0 Å². The molecule has 28 heavy (non-hydrogen) atoms. The van der Waals surface area contributed by atoms with Crippen molar-refractivity contribution in [3.63, 3.8) is 0 Å². The van der Waals surface area contributed by atoms with Crippen LogP contribution < -0.4 is 10.6 Å². The molecule has 2 aromatic rings. The van der Waals surface area contributed by atoms with E-state index in [0.29, 0.717) is 0 Å². The topological polar surface area (TPSA) is 66.7 Å². The Labute approximate surface area is 165 Å². The van der Waals surface area contributed by atoms with Gasteiger partial charge < -0.3 is 19.8 Å². The normalized spacial score (nSPS) is 24.4. The maximum absolute atomic E-state index is 12.8. The lowest BCUT2D eigenvalue weighted by Crippen LogP contribution is -2.58. The van der Waals surface area contributed by atoms with Gasteiger partial charge in [0, 0.05) is 19.7 Å². The molecule has 6 heteroatoms. The van der Waals surface area contributed by atoms with E-state index < -0.39 is 5.54 Å². The number of fused-ring (bicyclic) bond motifs is 1. The van der Waals surface area contributed by atoms with E-state index in [0.717, 1.165) is 74.8 Å². The summed E-state index contributed by atoms with van der Waals surface area (Å²) in [5.41, 5.74) is 1.38. The van der Waals surface area contributed by atoms with Gasteiger partial charge in [0.15, 0.2) is 0 Å². The van der Waals surface area contributed by atoms with Crippen molar-refractivity contribution in [3.8, 4) is 0 Å². The number of furan rings is 1. The Morgan fingerprint density at radius 1 is 1.07 bits per heavy atom. The van der Waals surface area contributed by atoms with E-state index in [9.17, 15) is 4.79 Å². The first-order valence-corrected chi connectivity index (χ1v) is 10.3. The standard InChI is InChI=1S/C22H27N3O3/c26-21-22(24-18-6-2-1-5-17(18)23-21)10-12-25(13-11-22)15-16-8-9-20(28-16)19-7-3-4-14-27-19/h1-2,5-6,8-9,19,24H,3-4,7,10-15H2,(H,23,26). The second kappa shape index (κ2) is 7.26. The quantitative estimate of drug-likeness (QED) is 0.844. The summed E-state index contributed by atoms with van der Waals surface area (Å²) in [5.74, 6) is 2.01. The summed E-state index contributed by atoms with van der Waals surface area (Å²) < 4.78 is 11.9. The van der Waals surface area contributed by atoms with E-state index in [1.807, 2.05) is 24.3 Å². The molecular formula is C22H27N3O3. The SMILES string of the molecule is O=C1Nc2ccccc2NC12CCN(Cc1ccc(C3CCCCO3)o1)CC2. The van der Waals surface area contributed by atoms with Gasteiger partial charge in [0.25, 0.3) is 0 Å². The number of rotatable bonds is 3. The first-order chi connectivity index (χ1) is 13.7. The third kappa shape index (κ3) is 3.31. The molecule has 1 atom stereocenters. The van der Waals surface area contributed by atoms with Gasteiger partial charge in [-0.3, -0.25) is 9.69 Å². The third-order valence-electron chi connectivity index (χ3n) is 6.25. The predicted octanol–water partition coefficient (Wildman–Crippen LogP) is 3.92. The smallest absolute Gasteiger partial charge is 0.250 e. The van der Waals surface area contributed by atoms with Gasteiger partial charge in [-0.05, 0) is 56.4 Å². The number of likely N-dealkylation sites (tertiary alicyclic amines) is 1. The lowest BCUT2D eigenvalue weighted by molar-refractivity contribution is -0.122. The molecule has 0 radical (unpaired) electrons. The van der Waals surface area contributed by atoms with Crippen LogP contribution in [0.15, 0.2) is 40.8 Å². The zero-order valence-electron chi connectivity index (χ0n) is 16.1. The van der Waals surface area contributed by atoms with Crippen molar-refractivity contribution < 1.29 is 13.9 Å². The van der Waals surface area contributed by atoms with E-state index in [1.165, 1.54) is 6.42 Å². The van der Waals surface area contributed by atoms with Crippen molar-refractivity contribution in [2.75, 3.05) is 30.3 Å². The minimum Gasteiger partial charge on any atom is -0.462 e. The molecule has 5 rings (SSSR count). The Balaban J connectivity index is 1.21. The van der Waals surface area contributed by atoms with Crippen LogP contribution in [0.2, 0.25) is 0 Å². The predicted molar refractivity (Wildman–Crippen MR) is 107 cm³/mol. The van der Waals surface area contributed by atoms with E-state index in [-0.39, 0.29) is 12.0 Å². The van der Waals surface area contributed by atoms with Crippen LogP contribution in [0.25, 0.3) is 0 Å². The van der Waals surface area contributed by atoms with E-state index >= 15 is 0 Å². The Bertz CT molecular complexity index is 848. The van der Waals surface area contributed by atoms with E-state index in [2.05, 4.69) is 27.7 Å². The number of carbonyl (C=O) groups excluding carboxylic acids is 1. The maximum Gasteiger partial charge on any atom is 0.250 e. The van der Waals surface area contributed by atoms with Gasteiger partial charge in [-0.25, -0.2) is 0 Å². The van der Waals surface area contributed by atoms with E-state index in [4.69, 9.17) is 9.15 Å². The summed E-state index contributed by atoms with van der Waals surface area (Å²) in [6.07, 6.45) is 5.07. The second-order valence-electron chi connectivity index (χ2n) is 8.14. The molecule has 2 fully saturated rings. The molecule has 2 saturated heterocycles. The van der Waals surface area contributed by atoms with Crippen LogP contribution in [-0.4, -0.2) is 36.0 Å². The molecule has 148 valence electrons. The molecule has 1 unspecified atom stereocenters. The van der Waals surface area contributed by atoms with Crippen LogP contribution >= 0.6 is 0 Å².